The highest BCUT2D eigenvalue weighted by atomic mass is 32.2. The molecular weight excluding hydrogens is 204 g/mol. The molecule has 0 saturated carbocycles. The van der Waals surface area contributed by atoms with Gasteiger partial charge in [-0.1, -0.05) is 13.3 Å². The Hall–Kier alpha value is -0.580. The smallest absolute Gasteiger partial charge is 0.306 e. The summed E-state index contributed by atoms with van der Waals surface area (Å²) in [6.45, 7) is 1.92. The molecule has 1 atom stereocenters. The highest BCUT2D eigenvalue weighted by molar-refractivity contribution is 7.90. The van der Waals surface area contributed by atoms with Gasteiger partial charge >= 0.3 is 5.97 Å². The van der Waals surface area contributed by atoms with E-state index in [0.29, 0.717) is 19.3 Å². The van der Waals surface area contributed by atoms with Gasteiger partial charge in [-0.05, 0) is 19.3 Å². The Bertz CT molecular complexity index is 269. The molecule has 1 N–H and O–H groups in total. The summed E-state index contributed by atoms with van der Waals surface area (Å²) in [6, 6.07) is 0. The summed E-state index contributed by atoms with van der Waals surface area (Å²) >= 11 is 0. The van der Waals surface area contributed by atoms with Crippen molar-refractivity contribution >= 4 is 15.8 Å². The van der Waals surface area contributed by atoms with E-state index in [1.807, 2.05) is 6.92 Å². The zero-order valence-electron chi connectivity index (χ0n) is 8.69. The average molecular weight is 222 g/mol. The predicted molar refractivity (Wildman–Crippen MR) is 55.0 cm³/mol. The van der Waals surface area contributed by atoms with Crippen LogP contribution < -0.4 is 0 Å². The molecular formula is C9H18O4S. The predicted octanol–water partition coefficient (Wildman–Crippen LogP) is 1.31. The maximum absolute atomic E-state index is 10.8. The molecule has 0 aromatic heterocycles. The van der Waals surface area contributed by atoms with Crippen LogP contribution in [0.2, 0.25) is 0 Å². The fourth-order valence-electron chi connectivity index (χ4n) is 1.33. The van der Waals surface area contributed by atoms with Crippen LogP contribution in [0.25, 0.3) is 0 Å². The standard InChI is InChI=1S/C9H18O4S/c1-3-5-8(9(10)11)6-4-7-14(2,12)13/h8H,3-7H2,1-2H3,(H,10,11)/t8-/m0/s1. The third kappa shape index (κ3) is 6.88. The zero-order valence-corrected chi connectivity index (χ0v) is 9.51. The van der Waals surface area contributed by atoms with E-state index in [1.165, 1.54) is 6.26 Å². The molecule has 14 heavy (non-hydrogen) atoms. The Kier molecular flexibility index (Phi) is 5.76. The van der Waals surface area contributed by atoms with Crippen LogP contribution in [0.5, 0.6) is 0 Å². The van der Waals surface area contributed by atoms with E-state index in [2.05, 4.69) is 0 Å². The molecule has 0 radical (unpaired) electrons. The Morgan fingerprint density at radius 2 is 1.93 bits per heavy atom. The van der Waals surface area contributed by atoms with Crippen LogP contribution in [-0.2, 0) is 14.6 Å². The van der Waals surface area contributed by atoms with Crippen LogP contribution in [0.3, 0.4) is 0 Å². The van der Waals surface area contributed by atoms with Crippen molar-refractivity contribution in [3.05, 3.63) is 0 Å². The van der Waals surface area contributed by atoms with E-state index in [-0.39, 0.29) is 11.7 Å². The highest BCUT2D eigenvalue weighted by Gasteiger charge is 2.16. The van der Waals surface area contributed by atoms with Crippen molar-refractivity contribution in [3.8, 4) is 0 Å². The Balaban J connectivity index is 3.89. The molecule has 0 aromatic rings. The summed E-state index contributed by atoms with van der Waals surface area (Å²) in [4.78, 5) is 10.7. The molecule has 0 amide bonds. The Morgan fingerprint density at radius 1 is 1.36 bits per heavy atom. The topological polar surface area (TPSA) is 71.4 Å². The van der Waals surface area contributed by atoms with E-state index in [1.54, 1.807) is 0 Å². The van der Waals surface area contributed by atoms with Crippen molar-refractivity contribution in [2.45, 2.75) is 32.6 Å². The van der Waals surface area contributed by atoms with E-state index in [4.69, 9.17) is 5.11 Å². The Morgan fingerprint density at radius 3 is 2.29 bits per heavy atom. The molecule has 0 rings (SSSR count). The number of sulfone groups is 1. The monoisotopic (exact) mass is 222 g/mol. The first-order valence-electron chi connectivity index (χ1n) is 4.77. The average Bonchev–Trinajstić information content (AvgIpc) is 2.00. The maximum atomic E-state index is 10.8. The molecule has 0 spiro atoms. The van der Waals surface area contributed by atoms with Crippen molar-refractivity contribution in [1.82, 2.24) is 0 Å². The lowest BCUT2D eigenvalue weighted by atomic mass is 9.99. The van der Waals surface area contributed by atoms with Gasteiger partial charge in [0.05, 0.1) is 5.92 Å². The van der Waals surface area contributed by atoms with Crippen molar-refractivity contribution < 1.29 is 18.3 Å². The third-order valence-corrected chi connectivity index (χ3v) is 3.08. The van der Waals surface area contributed by atoms with Crippen molar-refractivity contribution in [3.63, 3.8) is 0 Å². The third-order valence-electron chi connectivity index (χ3n) is 2.05. The first-order valence-corrected chi connectivity index (χ1v) is 6.83. The van der Waals surface area contributed by atoms with Crippen LogP contribution in [0, 0.1) is 5.92 Å². The molecule has 0 bridgehead atoms. The van der Waals surface area contributed by atoms with E-state index in [0.717, 1.165) is 6.42 Å². The van der Waals surface area contributed by atoms with Crippen LogP contribution in [0.15, 0.2) is 0 Å². The quantitative estimate of drug-likeness (QED) is 0.705. The number of hydrogen-bond donors (Lipinski definition) is 1. The van der Waals surface area contributed by atoms with Gasteiger partial charge in [0.2, 0.25) is 0 Å². The largest absolute Gasteiger partial charge is 0.481 e. The summed E-state index contributed by atoms with van der Waals surface area (Å²) < 4.78 is 21.6. The minimum atomic E-state index is -2.95. The number of aliphatic carboxylic acids is 1. The van der Waals surface area contributed by atoms with Gasteiger partial charge in [0.25, 0.3) is 0 Å². The lowest BCUT2D eigenvalue weighted by Gasteiger charge is -2.09. The number of rotatable bonds is 7. The van der Waals surface area contributed by atoms with E-state index in [9.17, 15) is 13.2 Å². The van der Waals surface area contributed by atoms with E-state index < -0.39 is 15.8 Å². The maximum Gasteiger partial charge on any atom is 0.306 e. The van der Waals surface area contributed by atoms with E-state index >= 15 is 0 Å². The van der Waals surface area contributed by atoms with Gasteiger partial charge in [-0.15, -0.1) is 0 Å². The zero-order chi connectivity index (χ0) is 11.2. The van der Waals surface area contributed by atoms with Gasteiger partial charge in [-0.25, -0.2) is 8.42 Å². The molecule has 0 aliphatic heterocycles. The lowest BCUT2D eigenvalue weighted by molar-refractivity contribution is -0.142. The minimum Gasteiger partial charge on any atom is -0.481 e. The minimum absolute atomic E-state index is 0.0838. The molecule has 0 aliphatic rings. The molecule has 4 nitrogen and oxygen atoms in total. The molecule has 0 aromatic carbocycles. The lowest BCUT2D eigenvalue weighted by Crippen LogP contribution is -2.15. The highest BCUT2D eigenvalue weighted by Crippen LogP contribution is 2.14. The summed E-state index contributed by atoms with van der Waals surface area (Å²) in [5.74, 6) is -1.12. The fourth-order valence-corrected chi connectivity index (χ4v) is 2.02. The molecule has 5 heteroatoms. The number of hydrogen-bond acceptors (Lipinski definition) is 3. The van der Waals surface area contributed by atoms with Gasteiger partial charge in [0.15, 0.2) is 0 Å². The summed E-state index contributed by atoms with van der Waals surface area (Å²) in [7, 11) is -2.95. The van der Waals surface area contributed by atoms with Crippen LogP contribution >= 0.6 is 0 Å². The van der Waals surface area contributed by atoms with Gasteiger partial charge in [-0.2, -0.15) is 0 Å². The number of carboxylic acid groups (broad SMARTS) is 1. The second kappa shape index (κ2) is 6.01. The molecule has 0 aliphatic carbocycles. The van der Waals surface area contributed by atoms with Gasteiger partial charge in [0, 0.05) is 12.0 Å². The van der Waals surface area contributed by atoms with Crippen molar-refractivity contribution in [2.24, 2.45) is 5.92 Å². The molecule has 0 saturated heterocycles. The summed E-state index contributed by atoms with van der Waals surface area (Å²) in [6.07, 6.45) is 3.50. The second-order valence-corrected chi connectivity index (χ2v) is 5.86. The summed E-state index contributed by atoms with van der Waals surface area (Å²) in [5, 5.41) is 8.78. The van der Waals surface area contributed by atoms with Crippen molar-refractivity contribution in [1.29, 1.82) is 0 Å². The molecule has 0 heterocycles. The van der Waals surface area contributed by atoms with Crippen molar-refractivity contribution in [2.75, 3.05) is 12.0 Å². The van der Waals surface area contributed by atoms with Gasteiger partial charge in [0.1, 0.15) is 9.84 Å². The first-order chi connectivity index (χ1) is 6.37. The first kappa shape index (κ1) is 13.4. The Labute approximate surface area is 85.2 Å². The SMILES string of the molecule is CCC[C@@H](CCCS(C)(=O)=O)C(=O)O. The summed E-state index contributed by atoms with van der Waals surface area (Å²) in [5.41, 5.74) is 0. The van der Waals surface area contributed by atoms with Crippen LogP contribution in [-0.4, -0.2) is 31.5 Å². The number of carboxylic acids is 1. The van der Waals surface area contributed by atoms with Crippen LogP contribution in [0.1, 0.15) is 32.6 Å². The fraction of sp³-hybridized carbons (Fsp3) is 0.889. The van der Waals surface area contributed by atoms with Crippen LogP contribution in [0.4, 0.5) is 0 Å². The van der Waals surface area contributed by atoms with Gasteiger partial charge < -0.3 is 5.11 Å². The molecule has 0 unspecified atom stereocenters. The number of carbonyl (C=O) groups is 1. The van der Waals surface area contributed by atoms with Gasteiger partial charge in [-0.3, -0.25) is 4.79 Å². The molecule has 84 valence electrons. The normalized spacial score (nSPS) is 13.9. The molecule has 0 fully saturated rings. The second-order valence-electron chi connectivity index (χ2n) is 3.60.